The summed E-state index contributed by atoms with van der Waals surface area (Å²) < 4.78 is 11.7. The number of carbonyl (C=O) groups is 1. The second-order valence-electron chi connectivity index (χ2n) is 9.86. The molecule has 3 heterocycles. The highest BCUT2D eigenvalue weighted by Crippen LogP contribution is 2.58. The minimum atomic E-state index is -1.36. The zero-order valence-electron chi connectivity index (χ0n) is 20.5. The molecule has 0 unspecified atom stereocenters. The number of amides is 1. The standard InChI is InChI=1S/C28H25Cl2N3O5/c1-37-24-13-16(9-11-23(24)38-15-17-8-10-18(29)14-20(17)30)25-22-7-4-12-32(22)28(26(25)33(35)36)19-5-2-3-6-21(19)31-27(28)34/h2-3,5-6,8-11,13-14,22,25-26H,4,7,12,15H2,1H3,(H,31,34)/t22-,25+,26-,28+/m0/s1. The highest BCUT2D eigenvalue weighted by Gasteiger charge is 2.73. The van der Waals surface area contributed by atoms with Gasteiger partial charge in [0, 0.05) is 44.4 Å². The third-order valence-corrected chi connectivity index (χ3v) is 8.65. The molecule has 3 aliphatic rings. The van der Waals surface area contributed by atoms with Crippen LogP contribution in [-0.4, -0.2) is 41.5 Å². The number of para-hydroxylation sites is 1. The molecular weight excluding hydrogens is 529 g/mol. The average molecular weight is 554 g/mol. The fourth-order valence-corrected chi connectivity index (χ4v) is 7.04. The SMILES string of the molecule is COc1cc([C@H]2[C@H]([N+](=O)[O-])[C@]3(C(=O)Nc4ccccc43)N3CCC[C@@H]23)ccc1OCc1ccc(Cl)cc1Cl. The molecule has 0 bridgehead atoms. The second kappa shape index (κ2) is 9.45. The molecule has 0 radical (unpaired) electrons. The van der Waals surface area contributed by atoms with Gasteiger partial charge in [-0.15, -0.1) is 0 Å². The van der Waals surface area contributed by atoms with Crippen LogP contribution >= 0.6 is 23.2 Å². The first-order valence-corrected chi connectivity index (χ1v) is 13.2. The van der Waals surface area contributed by atoms with Crippen LogP contribution in [0.4, 0.5) is 5.69 Å². The molecule has 0 aliphatic carbocycles. The van der Waals surface area contributed by atoms with E-state index >= 15 is 0 Å². The lowest BCUT2D eigenvalue weighted by atomic mass is 9.77. The lowest BCUT2D eigenvalue weighted by Gasteiger charge is -2.32. The maximum Gasteiger partial charge on any atom is 0.256 e. The van der Waals surface area contributed by atoms with Gasteiger partial charge in [-0.3, -0.25) is 19.8 Å². The van der Waals surface area contributed by atoms with Crippen molar-refractivity contribution in [2.75, 3.05) is 19.0 Å². The van der Waals surface area contributed by atoms with Gasteiger partial charge in [-0.05, 0) is 48.7 Å². The van der Waals surface area contributed by atoms with Gasteiger partial charge in [0.15, 0.2) is 17.0 Å². The Morgan fingerprint density at radius 1 is 1.13 bits per heavy atom. The highest BCUT2D eigenvalue weighted by atomic mass is 35.5. The number of benzene rings is 3. The molecule has 0 saturated carbocycles. The van der Waals surface area contributed by atoms with Gasteiger partial charge in [-0.2, -0.15) is 0 Å². The zero-order valence-corrected chi connectivity index (χ0v) is 22.0. The van der Waals surface area contributed by atoms with Crippen molar-refractivity contribution in [2.24, 2.45) is 0 Å². The lowest BCUT2D eigenvalue weighted by Crippen LogP contribution is -2.55. The first-order valence-electron chi connectivity index (χ1n) is 12.4. The van der Waals surface area contributed by atoms with Crippen LogP contribution in [-0.2, 0) is 16.9 Å². The highest BCUT2D eigenvalue weighted by molar-refractivity contribution is 6.35. The van der Waals surface area contributed by atoms with Gasteiger partial charge in [0.1, 0.15) is 6.61 Å². The predicted octanol–water partition coefficient (Wildman–Crippen LogP) is 5.64. The first-order chi connectivity index (χ1) is 18.4. The Morgan fingerprint density at radius 3 is 2.71 bits per heavy atom. The summed E-state index contributed by atoms with van der Waals surface area (Å²) >= 11 is 12.3. The van der Waals surface area contributed by atoms with Crippen LogP contribution < -0.4 is 14.8 Å². The summed E-state index contributed by atoms with van der Waals surface area (Å²) in [6.07, 6.45) is 1.63. The second-order valence-corrected chi connectivity index (χ2v) is 10.7. The van der Waals surface area contributed by atoms with Gasteiger partial charge >= 0.3 is 0 Å². The summed E-state index contributed by atoms with van der Waals surface area (Å²) in [5, 5.41) is 16.7. The Labute approximate surface area is 229 Å². The molecule has 1 spiro atoms. The number of halogens is 2. The molecule has 2 fully saturated rings. The minimum Gasteiger partial charge on any atom is -0.493 e. The molecule has 4 atom stereocenters. The van der Waals surface area contributed by atoms with E-state index in [1.165, 1.54) is 7.11 Å². The number of hydrogen-bond acceptors (Lipinski definition) is 6. The Hall–Kier alpha value is -3.33. The number of carbonyl (C=O) groups excluding carboxylic acids is 1. The van der Waals surface area contributed by atoms with Gasteiger partial charge in [0.25, 0.3) is 11.9 Å². The minimum absolute atomic E-state index is 0.161. The van der Waals surface area contributed by atoms with Crippen LogP contribution in [0, 0.1) is 10.1 Å². The topological polar surface area (TPSA) is 93.9 Å². The first kappa shape index (κ1) is 25.0. The number of ether oxygens (including phenoxy) is 2. The van der Waals surface area contributed by atoms with E-state index in [2.05, 4.69) is 10.2 Å². The number of anilines is 1. The quantitative estimate of drug-likeness (QED) is 0.313. The van der Waals surface area contributed by atoms with Crippen molar-refractivity contribution in [3.05, 3.63) is 97.5 Å². The molecule has 10 heteroatoms. The zero-order chi connectivity index (χ0) is 26.6. The summed E-state index contributed by atoms with van der Waals surface area (Å²) in [4.78, 5) is 28.2. The van der Waals surface area contributed by atoms with Crippen LogP contribution in [0.25, 0.3) is 0 Å². The molecule has 38 heavy (non-hydrogen) atoms. The molecule has 8 nitrogen and oxygen atoms in total. The number of rotatable bonds is 6. The molecule has 0 aromatic heterocycles. The lowest BCUT2D eigenvalue weighted by molar-refractivity contribution is -0.534. The molecule has 196 valence electrons. The van der Waals surface area contributed by atoms with Crippen molar-refractivity contribution in [3.63, 3.8) is 0 Å². The van der Waals surface area contributed by atoms with E-state index in [0.29, 0.717) is 39.3 Å². The van der Waals surface area contributed by atoms with E-state index in [1.54, 1.807) is 36.4 Å². The third kappa shape index (κ3) is 3.66. The molecule has 2 saturated heterocycles. The number of nitro groups is 1. The molecule has 1 amide bonds. The normalized spacial score (nSPS) is 25.8. The number of nitrogens with zero attached hydrogens (tertiary/aromatic N) is 2. The van der Waals surface area contributed by atoms with Gasteiger partial charge < -0.3 is 14.8 Å². The van der Waals surface area contributed by atoms with Gasteiger partial charge in [0.2, 0.25) is 0 Å². The van der Waals surface area contributed by atoms with Gasteiger partial charge in [-0.25, -0.2) is 0 Å². The Kier molecular flexibility index (Phi) is 6.21. The molecule has 3 aliphatic heterocycles. The summed E-state index contributed by atoms with van der Waals surface area (Å²) in [6, 6.07) is 16.6. The maximum atomic E-state index is 13.6. The van der Waals surface area contributed by atoms with Crippen molar-refractivity contribution >= 4 is 34.8 Å². The molecule has 1 N–H and O–H groups in total. The maximum absolute atomic E-state index is 13.6. The van der Waals surface area contributed by atoms with Gasteiger partial charge in [0.05, 0.1) is 13.0 Å². The summed E-state index contributed by atoms with van der Waals surface area (Å²) in [5.41, 5.74) is 1.46. The number of methoxy groups -OCH3 is 1. The van der Waals surface area contributed by atoms with Gasteiger partial charge in [-0.1, -0.05) is 53.5 Å². The summed E-state index contributed by atoms with van der Waals surface area (Å²) in [6.45, 7) is 0.816. The van der Waals surface area contributed by atoms with Crippen molar-refractivity contribution in [1.29, 1.82) is 0 Å². The van der Waals surface area contributed by atoms with E-state index in [1.807, 2.05) is 24.3 Å². The van der Waals surface area contributed by atoms with Crippen LogP contribution in [0.15, 0.2) is 60.7 Å². The smallest absolute Gasteiger partial charge is 0.256 e. The number of fused-ring (bicyclic) bond motifs is 4. The van der Waals surface area contributed by atoms with Crippen molar-refractivity contribution in [1.82, 2.24) is 4.90 Å². The van der Waals surface area contributed by atoms with Crippen LogP contribution in [0.2, 0.25) is 10.0 Å². The molecule has 3 aromatic rings. The average Bonchev–Trinajstić information content (AvgIpc) is 3.56. The van der Waals surface area contributed by atoms with E-state index in [-0.39, 0.29) is 23.5 Å². The fraction of sp³-hybridized carbons (Fsp3) is 0.321. The molecular formula is C28H25Cl2N3O5. The summed E-state index contributed by atoms with van der Waals surface area (Å²) in [5.74, 6) is 0.0935. The Morgan fingerprint density at radius 2 is 1.95 bits per heavy atom. The monoisotopic (exact) mass is 553 g/mol. The molecule has 6 rings (SSSR count). The van der Waals surface area contributed by atoms with E-state index in [4.69, 9.17) is 32.7 Å². The van der Waals surface area contributed by atoms with E-state index in [0.717, 1.165) is 24.0 Å². The van der Waals surface area contributed by atoms with Crippen LogP contribution in [0.1, 0.15) is 35.4 Å². The van der Waals surface area contributed by atoms with Crippen LogP contribution in [0.5, 0.6) is 11.5 Å². The Bertz CT molecular complexity index is 1450. The van der Waals surface area contributed by atoms with E-state index in [9.17, 15) is 14.9 Å². The van der Waals surface area contributed by atoms with Crippen molar-refractivity contribution in [3.8, 4) is 11.5 Å². The van der Waals surface area contributed by atoms with Crippen LogP contribution in [0.3, 0.4) is 0 Å². The third-order valence-electron chi connectivity index (χ3n) is 8.07. The number of nitrogens with one attached hydrogen (secondary N) is 1. The van der Waals surface area contributed by atoms with E-state index < -0.39 is 17.5 Å². The van der Waals surface area contributed by atoms with Crippen molar-refractivity contribution < 1.29 is 19.2 Å². The predicted molar refractivity (Wildman–Crippen MR) is 144 cm³/mol. The summed E-state index contributed by atoms with van der Waals surface area (Å²) in [7, 11) is 1.53. The fourth-order valence-electron chi connectivity index (χ4n) is 6.58. The largest absolute Gasteiger partial charge is 0.493 e. The number of hydrogen-bond donors (Lipinski definition) is 1. The molecule has 3 aromatic carbocycles. The Balaban J connectivity index is 1.39. The van der Waals surface area contributed by atoms with Crippen molar-refractivity contribution in [2.45, 2.75) is 43.0 Å².